The quantitative estimate of drug-likeness (QED) is 0.321. The lowest BCUT2D eigenvalue weighted by Gasteiger charge is -2.07. The van der Waals surface area contributed by atoms with Crippen LogP contribution in [0, 0.1) is 0 Å². The van der Waals surface area contributed by atoms with E-state index in [-0.39, 0.29) is 0 Å². The van der Waals surface area contributed by atoms with Gasteiger partial charge in [0.05, 0.1) is 13.2 Å². The lowest BCUT2D eigenvalue weighted by atomic mass is 10.3. The van der Waals surface area contributed by atoms with Crippen molar-refractivity contribution in [1.29, 1.82) is 0 Å². The Morgan fingerprint density at radius 3 is 1.46 bits per heavy atom. The highest BCUT2D eigenvalue weighted by Crippen LogP contribution is 1.97. The van der Waals surface area contributed by atoms with Crippen molar-refractivity contribution in [1.82, 2.24) is 0 Å². The van der Waals surface area contributed by atoms with E-state index in [0.717, 1.165) is 26.1 Å². The van der Waals surface area contributed by atoms with E-state index in [0.29, 0.717) is 0 Å². The standard InChI is InChI=1S/C4H6O3.C4H8O2/c1-3(5)7-4(2)6;1-2-4-6-5-3-1/h1-2H3;1-4H2. The van der Waals surface area contributed by atoms with E-state index in [1.807, 2.05) is 0 Å². The number of hydrogen-bond donors (Lipinski definition) is 0. The Bertz CT molecular complexity index is 138. The van der Waals surface area contributed by atoms with Gasteiger partial charge in [-0.25, -0.2) is 9.78 Å². The van der Waals surface area contributed by atoms with Gasteiger partial charge in [-0.15, -0.1) is 0 Å². The Balaban J connectivity index is 0.000000223. The first-order chi connectivity index (χ1) is 6.13. The van der Waals surface area contributed by atoms with Crippen molar-refractivity contribution in [2.24, 2.45) is 0 Å². The Labute approximate surface area is 76.9 Å². The third-order valence-corrected chi connectivity index (χ3v) is 1.08. The van der Waals surface area contributed by atoms with E-state index >= 15 is 0 Å². The molecule has 1 fully saturated rings. The fourth-order valence-electron chi connectivity index (χ4n) is 0.642. The second kappa shape index (κ2) is 7.70. The molecule has 1 heterocycles. The summed E-state index contributed by atoms with van der Waals surface area (Å²) in [5.41, 5.74) is 0. The van der Waals surface area contributed by atoms with Gasteiger partial charge in [0.15, 0.2) is 0 Å². The number of esters is 2. The molecule has 0 aromatic heterocycles. The number of carbonyl (C=O) groups is 2. The highest BCUT2D eigenvalue weighted by molar-refractivity contribution is 5.82. The van der Waals surface area contributed by atoms with E-state index < -0.39 is 11.9 Å². The van der Waals surface area contributed by atoms with E-state index in [9.17, 15) is 9.59 Å². The van der Waals surface area contributed by atoms with Crippen LogP contribution in [0.1, 0.15) is 26.7 Å². The van der Waals surface area contributed by atoms with Crippen molar-refractivity contribution < 1.29 is 24.1 Å². The molecule has 1 saturated heterocycles. The summed E-state index contributed by atoms with van der Waals surface area (Å²) >= 11 is 0. The van der Waals surface area contributed by atoms with E-state index in [4.69, 9.17) is 0 Å². The molecule has 0 atom stereocenters. The fourth-order valence-corrected chi connectivity index (χ4v) is 0.642. The molecular weight excluding hydrogens is 176 g/mol. The maximum absolute atomic E-state index is 9.81. The van der Waals surface area contributed by atoms with Crippen LogP contribution in [0.2, 0.25) is 0 Å². The monoisotopic (exact) mass is 190 g/mol. The zero-order chi connectivity index (χ0) is 10.1. The molecule has 76 valence electrons. The second-order valence-electron chi connectivity index (χ2n) is 2.44. The van der Waals surface area contributed by atoms with Gasteiger partial charge in [0.1, 0.15) is 0 Å². The highest BCUT2D eigenvalue weighted by Gasteiger charge is 1.96. The Kier molecular flexibility index (Phi) is 7.14. The third kappa shape index (κ3) is 11.1. The molecule has 0 N–H and O–H groups in total. The first kappa shape index (κ1) is 12.1. The lowest BCUT2D eigenvalue weighted by molar-refractivity contribution is -0.312. The summed E-state index contributed by atoms with van der Waals surface area (Å²) < 4.78 is 3.97. The van der Waals surface area contributed by atoms with E-state index in [2.05, 4.69) is 14.5 Å². The predicted octanol–water partition coefficient (Wildman–Crippen LogP) is 0.824. The first-order valence-electron chi connectivity index (χ1n) is 4.06. The Hall–Kier alpha value is -0.940. The van der Waals surface area contributed by atoms with Gasteiger partial charge in [-0.1, -0.05) is 0 Å². The fraction of sp³-hybridized carbons (Fsp3) is 0.750. The SMILES string of the molecule is C1CCOOC1.CC(=O)OC(C)=O. The summed E-state index contributed by atoms with van der Waals surface area (Å²) in [7, 11) is 0. The topological polar surface area (TPSA) is 61.8 Å². The molecule has 5 nitrogen and oxygen atoms in total. The van der Waals surface area contributed by atoms with Crippen LogP contribution in [0.15, 0.2) is 0 Å². The summed E-state index contributed by atoms with van der Waals surface area (Å²) in [6.07, 6.45) is 2.31. The molecule has 1 rings (SSSR count). The van der Waals surface area contributed by atoms with Crippen molar-refractivity contribution in [3.63, 3.8) is 0 Å². The van der Waals surface area contributed by atoms with Crippen molar-refractivity contribution >= 4 is 11.9 Å². The van der Waals surface area contributed by atoms with Crippen molar-refractivity contribution in [3.05, 3.63) is 0 Å². The van der Waals surface area contributed by atoms with Crippen molar-refractivity contribution in [3.8, 4) is 0 Å². The molecule has 0 spiro atoms. The third-order valence-electron chi connectivity index (χ3n) is 1.08. The number of ether oxygens (including phenoxy) is 1. The molecule has 0 amide bonds. The predicted molar refractivity (Wildman–Crippen MR) is 43.6 cm³/mol. The van der Waals surface area contributed by atoms with Crippen LogP contribution in [-0.2, 0) is 24.1 Å². The summed E-state index contributed by atoms with van der Waals surface area (Å²) in [4.78, 5) is 28.8. The summed E-state index contributed by atoms with van der Waals surface area (Å²) in [6, 6.07) is 0. The minimum Gasteiger partial charge on any atom is -0.394 e. The van der Waals surface area contributed by atoms with Crippen LogP contribution in [0.5, 0.6) is 0 Å². The second-order valence-corrected chi connectivity index (χ2v) is 2.44. The average molecular weight is 190 g/mol. The molecular formula is C8H14O5. The maximum Gasteiger partial charge on any atom is 0.310 e. The molecule has 1 aliphatic rings. The smallest absolute Gasteiger partial charge is 0.310 e. The van der Waals surface area contributed by atoms with Crippen LogP contribution in [0.4, 0.5) is 0 Å². The van der Waals surface area contributed by atoms with Gasteiger partial charge in [0.2, 0.25) is 0 Å². The number of carbonyl (C=O) groups excluding carboxylic acids is 2. The minimum atomic E-state index is -0.562. The zero-order valence-corrected chi connectivity index (χ0v) is 7.87. The van der Waals surface area contributed by atoms with Gasteiger partial charge in [-0.3, -0.25) is 9.59 Å². The molecule has 0 radical (unpaired) electrons. The maximum atomic E-state index is 9.81. The first-order valence-corrected chi connectivity index (χ1v) is 4.06. The molecule has 0 bridgehead atoms. The normalized spacial score (nSPS) is 15.2. The van der Waals surface area contributed by atoms with Crippen LogP contribution < -0.4 is 0 Å². The molecule has 0 saturated carbocycles. The van der Waals surface area contributed by atoms with Crippen molar-refractivity contribution in [2.75, 3.05) is 13.2 Å². The zero-order valence-electron chi connectivity index (χ0n) is 7.87. The minimum absolute atomic E-state index is 0.562. The largest absolute Gasteiger partial charge is 0.394 e. The summed E-state index contributed by atoms with van der Waals surface area (Å²) in [5, 5.41) is 0. The van der Waals surface area contributed by atoms with Crippen LogP contribution in [0.3, 0.4) is 0 Å². The van der Waals surface area contributed by atoms with Crippen LogP contribution in [-0.4, -0.2) is 25.2 Å². The van der Waals surface area contributed by atoms with Gasteiger partial charge in [0.25, 0.3) is 0 Å². The van der Waals surface area contributed by atoms with Gasteiger partial charge in [-0.2, -0.15) is 0 Å². The summed E-state index contributed by atoms with van der Waals surface area (Å²) in [5.74, 6) is -1.12. The Morgan fingerprint density at radius 2 is 1.38 bits per heavy atom. The van der Waals surface area contributed by atoms with E-state index in [1.165, 1.54) is 13.8 Å². The van der Waals surface area contributed by atoms with Crippen LogP contribution in [0.25, 0.3) is 0 Å². The molecule has 0 aliphatic carbocycles. The highest BCUT2D eigenvalue weighted by atomic mass is 17.2. The molecule has 0 aromatic carbocycles. The molecule has 1 aliphatic heterocycles. The van der Waals surface area contributed by atoms with Gasteiger partial charge in [-0.05, 0) is 12.8 Å². The Morgan fingerprint density at radius 1 is 1.00 bits per heavy atom. The van der Waals surface area contributed by atoms with Gasteiger partial charge in [0, 0.05) is 13.8 Å². The number of hydrogen-bond acceptors (Lipinski definition) is 5. The molecule has 13 heavy (non-hydrogen) atoms. The van der Waals surface area contributed by atoms with Crippen LogP contribution >= 0.6 is 0 Å². The van der Waals surface area contributed by atoms with Gasteiger partial charge < -0.3 is 4.74 Å². The average Bonchev–Trinajstić information content (AvgIpc) is 2.06. The van der Waals surface area contributed by atoms with E-state index in [1.54, 1.807) is 0 Å². The molecule has 5 heteroatoms. The number of rotatable bonds is 0. The van der Waals surface area contributed by atoms with Gasteiger partial charge >= 0.3 is 11.9 Å². The molecule has 0 aromatic rings. The lowest BCUT2D eigenvalue weighted by Crippen LogP contribution is -2.05. The molecule has 0 unspecified atom stereocenters. The summed E-state index contributed by atoms with van der Waals surface area (Å²) in [6.45, 7) is 3.92. The van der Waals surface area contributed by atoms with Crippen molar-refractivity contribution in [2.45, 2.75) is 26.7 Å².